The first-order valence-electron chi connectivity index (χ1n) is 7.50. The van der Waals surface area contributed by atoms with Crippen molar-refractivity contribution in [1.82, 2.24) is 5.01 Å². The molecule has 2 aromatic carbocycles. The zero-order valence-electron chi connectivity index (χ0n) is 12.5. The standard InChI is InChI=1S/C17H13ClN4O2/c18-12-8-6-11(7-9-12)10-21-15-14(19-20-21)16(23)22(17(15)24)13-4-2-1-3-5-13/h1-9,14-15H,10H2/t14-,15-/m0/s1. The number of imide groups is 1. The molecule has 2 aromatic rings. The number of benzene rings is 2. The fourth-order valence-corrected chi connectivity index (χ4v) is 3.09. The minimum Gasteiger partial charge on any atom is -0.271 e. The van der Waals surface area contributed by atoms with Crippen molar-refractivity contribution in [3.05, 3.63) is 65.2 Å². The highest BCUT2D eigenvalue weighted by Gasteiger charge is 2.54. The topological polar surface area (TPSA) is 65.3 Å². The quantitative estimate of drug-likeness (QED) is 0.807. The molecular weight excluding hydrogens is 328 g/mol. The van der Waals surface area contributed by atoms with Crippen LogP contribution in [-0.4, -0.2) is 28.9 Å². The molecule has 0 unspecified atom stereocenters. The Balaban J connectivity index is 1.59. The second kappa shape index (κ2) is 5.72. The fraction of sp³-hybridized carbons (Fsp3) is 0.176. The van der Waals surface area contributed by atoms with E-state index < -0.39 is 12.1 Å². The normalized spacial score (nSPS) is 22.4. The summed E-state index contributed by atoms with van der Waals surface area (Å²) in [6.07, 6.45) is 0. The van der Waals surface area contributed by atoms with Crippen LogP contribution in [-0.2, 0) is 16.1 Å². The molecule has 0 N–H and O–H groups in total. The molecule has 24 heavy (non-hydrogen) atoms. The molecule has 2 amide bonds. The Bertz CT molecular complexity index is 822. The molecule has 1 saturated heterocycles. The molecule has 0 radical (unpaired) electrons. The van der Waals surface area contributed by atoms with E-state index in [1.54, 1.807) is 41.4 Å². The molecule has 2 heterocycles. The van der Waals surface area contributed by atoms with Crippen LogP contribution in [0.5, 0.6) is 0 Å². The van der Waals surface area contributed by atoms with Crippen LogP contribution in [0.3, 0.4) is 0 Å². The van der Waals surface area contributed by atoms with Crippen molar-refractivity contribution >= 4 is 29.1 Å². The summed E-state index contributed by atoms with van der Waals surface area (Å²) in [5.74, 6) is -0.631. The molecule has 0 saturated carbocycles. The predicted octanol–water partition coefficient (Wildman–Crippen LogP) is 2.83. The van der Waals surface area contributed by atoms with Crippen molar-refractivity contribution in [1.29, 1.82) is 0 Å². The summed E-state index contributed by atoms with van der Waals surface area (Å²) in [4.78, 5) is 26.5. The molecule has 2 aliphatic heterocycles. The second-order valence-corrected chi connectivity index (χ2v) is 6.10. The third-order valence-corrected chi connectivity index (χ3v) is 4.38. The van der Waals surface area contributed by atoms with E-state index in [1.165, 1.54) is 4.90 Å². The Morgan fingerprint density at radius 1 is 0.958 bits per heavy atom. The summed E-state index contributed by atoms with van der Waals surface area (Å²) in [7, 11) is 0. The maximum atomic E-state index is 12.8. The number of hydrogen-bond donors (Lipinski definition) is 0. The molecular formula is C17H13ClN4O2. The van der Waals surface area contributed by atoms with Gasteiger partial charge >= 0.3 is 0 Å². The summed E-state index contributed by atoms with van der Waals surface area (Å²) < 4.78 is 0. The van der Waals surface area contributed by atoms with E-state index in [9.17, 15) is 9.59 Å². The summed E-state index contributed by atoms with van der Waals surface area (Å²) in [6.45, 7) is 0.392. The lowest BCUT2D eigenvalue weighted by Gasteiger charge is -2.20. The minimum atomic E-state index is -0.773. The van der Waals surface area contributed by atoms with Crippen LogP contribution in [0.2, 0.25) is 5.02 Å². The van der Waals surface area contributed by atoms with Crippen LogP contribution < -0.4 is 4.90 Å². The van der Waals surface area contributed by atoms with Crippen molar-refractivity contribution in [2.75, 3.05) is 4.90 Å². The van der Waals surface area contributed by atoms with Crippen LogP contribution >= 0.6 is 11.6 Å². The Kier molecular flexibility index (Phi) is 3.54. The molecule has 2 atom stereocenters. The van der Waals surface area contributed by atoms with Gasteiger partial charge in [-0.3, -0.25) is 14.6 Å². The van der Waals surface area contributed by atoms with Gasteiger partial charge in [0.15, 0.2) is 12.1 Å². The van der Waals surface area contributed by atoms with Crippen molar-refractivity contribution in [2.45, 2.75) is 18.6 Å². The summed E-state index contributed by atoms with van der Waals surface area (Å²) >= 11 is 5.89. The van der Waals surface area contributed by atoms with Crippen molar-refractivity contribution < 1.29 is 9.59 Å². The van der Waals surface area contributed by atoms with E-state index >= 15 is 0 Å². The highest BCUT2D eigenvalue weighted by molar-refractivity contribution is 6.30. The average Bonchev–Trinajstić information content (AvgIpc) is 3.11. The van der Waals surface area contributed by atoms with Crippen LogP contribution in [0.15, 0.2) is 64.9 Å². The number of fused-ring (bicyclic) bond motifs is 1. The third kappa shape index (κ3) is 2.35. The van der Waals surface area contributed by atoms with Gasteiger partial charge in [0.05, 0.1) is 12.2 Å². The van der Waals surface area contributed by atoms with Gasteiger partial charge in [0.25, 0.3) is 11.8 Å². The molecule has 6 nitrogen and oxygen atoms in total. The first-order valence-corrected chi connectivity index (χ1v) is 7.87. The van der Waals surface area contributed by atoms with Gasteiger partial charge < -0.3 is 0 Å². The van der Waals surface area contributed by atoms with Gasteiger partial charge in [0.1, 0.15) is 0 Å². The third-order valence-electron chi connectivity index (χ3n) is 4.13. The zero-order valence-corrected chi connectivity index (χ0v) is 13.3. The zero-order chi connectivity index (χ0) is 16.7. The maximum absolute atomic E-state index is 12.8. The summed E-state index contributed by atoms with van der Waals surface area (Å²) in [5.41, 5.74) is 1.50. The number of nitrogens with zero attached hydrogens (tertiary/aromatic N) is 4. The maximum Gasteiger partial charge on any atom is 0.263 e. The van der Waals surface area contributed by atoms with E-state index in [2.05, 4.69) is 10.3 Å². The molecule has 0 aromatic heterocycles. The Labute approximate surface area is 143 Å². The molecule has 0 spiro atoms. The van der Waals surface area contributed by atoms with Gasteiger partial charge in [-0.15, -0.1) is 0 Å². The number of halogens is 1. The molecule has 120 valence electrons. The minimum absolute atomic E-state index is 0.296. The van der Waals surface area contributed by atoms with Crippen LogP contribution in [0, 0.1) is 0 Å². The number of rotatable bonds is 3. The monoisotopic (exact) mass is 340 g/mol. The summed E-state index contributed by atoms with van der Waals surface area (Å²) in [6, 6.07) is 14.7. The smallest absolute Gasteiger partial charge is 0.263 e. The Morgan fingerprint density at radius 2 is 1.67 bits per heavy atom. The lowest BCUT2D eigenvalue weighted by atomic mass is 10.1. The largest absolute Gasteiger partial charge is 0.271 e. The predicted molar refractivity (Wildman–Crippen MR) is 88.4 cm³/mol. The Morgan fingerprint density at radius 3 is 2.38 bits per heavy atom. The van der Waals surface area contributed by atoms with E-state index in [-0.39, 0.29) is 11.8 Å². The number of para-hydroxylation sites is 1. The van der Waals surface area contributed by atoms with Gasteiger partial charge in [0, 0.05) is 5.02 Å². The van der Waals surface area contributed by atoms with Gasteiger partial charge in [-0.2, -0.15) is 5.11 Å². The van der Waals surface area contributed by atoms with E-state index in [0.717, 1.165) is 5.56 Å². The van der Waals surface area contributed by atoms with Crippen molar-refractivity contribution in [3.8, 4) is 0 Å². The van der Waals surface area contributed by atoms with Crippen molar-refractivity contribution in [2.24, 2.45) is 10.3 Å². The number of anilines is 1. The molecule has 0 aliphatic carbocycles. The highest BCUT2D eigenvalue weighted by Crippen LogP contribution is 2.32. The van der Waals surface area contributed by atoms with E-state index in [0.29, 0.717) is 17.3 Å². The lowest BCUT2D eigenvalue weighted by molar-refractivity contribution is -0.123. The van der Waals surface area contributed by atoms with Gasteiger partial charge in [-0.25, -0.2) is 4.90 Å². The number of amides is 2. The molecule has 2 aliphatic rings. The van der Waals surface area contributed by atoms with Gasteiger partial charge in [0.2, 0.25) is 0 Å². The number of carbonyl (C=O) groups is 2. The number of hydrogen-bond acceptors (Lipinski definition) is 5. The molecule has 4 rings (SSSR count). The average molecular weight is 341 g/mol. The first-order chi connectivity index (χ1) is 11.6. The van der Waals surface area contributed by atoms with Crippen LogP contribution in [0.25, 0.3) is 0 Å². The van der Waals surface area contributed by atoms with Crippen molar-refractivity contribution in [3.63, 3.8) is 0 Å². The first kappa shape index (κ1) is 14.8. The van der Waals surface area contributed by atoms with Gasteiger partial charge in [-0.1, -0.05) is 47.2 Å². The molecule has 1 fully saturated rings. The van der Waals surface area contributed by atoms with E-state index in [4.69, 9.17) is 11.6 Å². The highest BCUT2D eigenvalue weighted by atomic mass is 35.5. The van der Waals surface area contributed by atoms with Gasteiger partial charge in [-0.05, 0) is 29.8 Å². The Hall–Kier alpha value is -2.73. The van der Waals surface area contributed by atoms with E-state index in [1.807, 2.05) is 18.2 Å². The SMILES string of the molecule is O=C1[C@H]2N=NN(Cc3ccc(Cl)cc3)[C@@H]2C(=O)N1c1ccccc1. The fourth-order valence-electron chi connectivity index (χ4n) is 2.96. The second-order valence-electron chi connectivity index (χ2n) is 5.67. The number of carbonyl (C=O) groups excluding carboxylic acids is 2. The summed E-state index contributed by atoms with van der Waals surface area (Å²) in [5, 5.41) is 10.2. The molecule has 0 bridgehead atoms. The van der Waals surface area contributed by atoms with Crippen LogP contribution in [0.1, 0.15) is 5.56 Å². The molecule has 7 heteroatoms. The lowest BCUT2D eigenvalue weighted by Crippen LogP contribution is -2.39. The van der Waals surface area contributed by atoms with Crippen LogP contribution in [0.4, 0.5) is 5.69 Å².